The van der Waals surface area contributed by atoms with E-state index in [9.17, 15) is 5.11 Å². The lowest BCUT2D eigenvalue weighted by molar-refractivity contribution is 0.191. The van der Waals surface area contributed by atoms with Gasteiger partial charge in [0.1, 0.15) is 5.82 Å². The highest BCUT2D eigenvalue weighted by molar-refractivity contribution is 6.34. The largest absolute Gasteiger partial charge is 0.387 e. The molecule has 0 spiro atoms. The first-order valence-electron chi connectivity index (χ1n) is 6.60. The van der Waals surface area contributed by atoms with Gasteiger partial charge in [-0.1, -0.05) is 23.2 Å². The first-order valence-corrected chi connectivity index (χ1v) is 7.35. The molecule has 22 heavy (non-hydrogen) atoms. The monoisotopic (exact) mass is 337 g/mol. The zero-order valence-electron chi connectivity index (χ0n) is 11.7. The highest BCUT2D eigenvalue weighted by Crippen LogP contribution is 2.23. The van der Waals surface area contributed by atoms with Crippen LogP contribution in [0.25, 0.3) is 5.65 Å². The zero-order valence-corrected chi connectivity index (χ0v) is 13.2. The van der Waals surface area contributed by atoms with Gasteiger partial charge in [-0.25, -0.2) is 0 Å². The summed E-state index contributed by atoms with van der Waals surface area (Å²) in [5.74, 6) is 1.31. The summed E-state index contributed by atoms with van der Waals surface area (Å²) < 4.78 is 1.63. The summed E-state index contributed by atoms with van der Waals surface area (Å²) in [5.41, 5.74) is 1.32. The molecule has 0 radical (unpaired) electrons. The van der Waals surface area contributed by atoms with Gasteiger partial charge in [0.25, 0.3) is 0 Å². The van der Waals surface area contributed by atoms with Gasteiger partial charge >= 0.3 is 0 Å². The summed E-state index contributed by atoms with van der Waals surface area (Å²) in [6.07, 6.45) is -0.754. The summed E-state index contributed by atoms with van der Waals surface area (Å²) >= 11 is 11.9. The van der Waals surface area contributed by atoms with Gasteiger partial charge in [-0.15, -0.1) is 15.3 Å². The molecule has 114 valence electrons. The van der Waals surface area contributed by atoms with Gasteiger partial charge < -0.3 is 10.4 Å². The van der Waals surface area contributed by atoms with Crippen molar-refractivity contribution in [1.82, 2.24) is 19.8 Å². The third-order valence-corrected chi connectivity index (χ3v) is 3.60. The topological polar surface area (TPSA) is 75.3 Å². The third-order valence-electron chi connectivity index (χ3n) is 3.16. The van der Waals surface area contributed by atoms with Crippen molar-refractivity contribution in [1.29, 1.82) is 0 Å². The van der Waals surface area contributed by atoms with Crippen molar-refractivity contribution < 1.29 is 5.11 Å². The molecule has 0 aliphatic rings. The lowest BCUT2D eigenvalue weighted by Crippen LogP contribution is -2.14. The molecular weight excluding hydrogens is 325 g/mol. The number of nitrogens with zero attached hydrogens (tertiary/aromatic N) is 4. The predicted octanol–water partition coefficient (Wildman–Crippen LogP) is 2.89. The highest BCUT2D eigenvalue weighted by Gasteiger charge is 2.10. The van der Waals surface area contributed by atoms with Gasteiger partial charge in [-0.2, -0.15) is 4.52 Å². The fourth-order valence-electron chi connectivity index (χ4n) is 2.08. The summed E-state index contributed by atoms with van der Waals surface area (Å²) in [6, 6.07) is 8.57. The molecular formula is C14H13Cl2N5O. The van der Waals surface area contributed by atoms with E-state index in [0.717, 1.165) is 0 Å². The van der Waals surface area contributed by atoms with E-state index in [0.29, 0.717) is 32.9 Å². The van der Waals surface area contributed by atoms with Crippen LogP contribution >= 0.6 is 23.2 Å². The second kappa shape index (κ2) is 6.08. The number of anilines is 1. The minimum atomic E-state index is -0.754. The second-order valence-electron chi connectivity index (χ2n) is 4.84. The summed E-state index contributed by atoms with van der Waals surface area (Å²) in [6.45, 7) is 2.09. The maximum atomic E-state index is 10.2. The quantitative estimate of drug-likeness (QED) is 0.765. The molecule has 1 unspecified atom stereocenters. The van der Waals surface area contributed by atoms with Crippen LogP contribution in [0.2, 0.25) is 10.0 Å². The second-order valence-corrected chi connectivity index (χ2v) is 5.71. The van der Waals surface area contributed by atoms with E-state index >= 15 is 0 Å². The Labute approximate surface area is 136 Å². The molecule has 0 aliphatic heterocycles. The molecule has 0 amide bonds. The Hall–Kier alpha value is -1.89. The number of halogens is 2. The van der Waals surface area contributed by atoms with E-state index in [1.165, 1.54) is 0 Å². The molecule has 1 atom stereocenters. The van der Waals surface area contributed by atoms with Crippen LogP contribution in [0.5, 0.6) is 0 Å². The first kappa shape index (κ1) is 15.0. The Morgan fingerprint density at radius 3 is 2.64 bits per heavy atom. The van der Waals surface area contributed by atoms with Gasteiger partial charge in [0, 0.05) is 16.6 Å². The number of rotatable bonds is 4. The fraction of sp³-hybridized carbons (Fsp3) is 0.214. The zero-order chi connectivity index (χ0) is 15.7. The molecule has 1 aromatic carbocycles. The number of aromatic nitrogens is 4. The minimum Gasteiger partial charge on any atom is -0.387 e. The van der Waals surface area contributed by atoms with Crippen molar-refractivity contribution in [2.45, 2.75) is 13.0 Å². The Balaban J connectivity index is 1.73. The number of hydrogen-bond acceptors (Lipinski definition) is 5. The average Bonchev–Trinajstić information content (AvgIpc) is 2.85. The number of aliphatic hydroxyl groups excluding tert-OH is 1. The molecule has 0 saturated carbocycles. The van der Waals surface area contributed by atoms with Crippen LogP contribution in [-0.4, -0.2) is 31.5 Å². The molecule has 3 aromatic rings. The van der Waals surface area contributed by atoms with Crippen LogP contribution < -0.4 is 5.32 Å². The Kier molecular flexibility index (Phi) is 4.15. The Morgan fingerprint density at radius 1 is 1.18 bits per heavy atom. The Morgan fingerprint density at radius 2 is 1.91 bits per heavy atom. The maximum absolute atomic E-state index is 10.2. The van der Waals surface area contributed by atoms with Crippen molar-refractivity contribution in [2.75, 3.05) is 11.9 Å². The predicted molar refractivity (Wildman–Crippen MR) is 85.4 cm³/mol. The molecule has 6 nitrogen and oxygen atoms in total. The molecule has 8 heteroatoms. The van der Waals surface area contributed by atoms with Gasteiger partial charge in [-0.3, -0.25) is 0 Å². The smallest absolute Gasteiger partial charge is 0.178 e. The van der Waals surface area contributed by atoms with Crippen molar-refractivity contribution >= 4 is 34.7 Å². The molecule has 3 rings (SSSR count). The normalized spacial score (nSPS) is 12.5. The molecule has 2 N–H and O–H groups in total. The van der Waals surface area contributed by atoms with E-state index < -0.39 is 6.10 Å². The van der Waals surface area contributed by atoms with E-state index in [2.05, 4.69) is 20.6 Å². The molecule has 2 heterocycles. The van der Waals surface area contributed by atoms with Crippen molar-refractivity contribution in [3.05, 3.63) is 51.8 Å². The SMILES string of the molecule is Cc1nnc2ccc(NCC(O)c3cc(Cl)cc(Cl)c3)nn12. The van der Waals surface area contributed by atoms with E-state index in [1.54, 1.807) is 34.8 Å². The van der Waals surface area contributed by atoms with Gasteiger partial charge in [0.2, 0.25) is 0 Å². The number of hydrogen-bond donors (Lipinski definition) is 2. The highest BCUT2D eigenvalue weighted by atomic mass is 35.5. The van der Waals surface area contributed by atoms with Crippen molar-refractivity contribution in [3.63, 3.8) is 0 Å². The van der Waals surface area contributed by atoms with Gasteiger partial charge in [-0.05, 0) is 42.8 Å². The lowest BCUT2D eigenvalue weighted by Gasteiger charge is -2.13. The molecule has 0 aliphatic carbocycles. The van der Waals surface area contributed by atoms with Gasteiger partial charge in [0.05, 0.1) is 6.10 Å². The van der Waals surface area contributed by atoms with Crippen molar-refractivity contribution in [2.24, 2.45) is 0 Å². The number of fused-ring (bicyclic) bond motifs is 1. The minimum absolute atomic E-state index is 0.274. The van der Waals surface area contributed by atoms with Crippen LogP contribution in [0, 0.1) is 6.92 Å². The van der Waals surface area contributed by atoms with Gasteiger partial charge in [0.15, 0.2) is 11.5 Å². The molecule has 0 saturated heterocycles. The first-order chi connectivity index (χ1) is 10.5. The number of aliphatic hydroxyl groups is 1. The van der Waals surface area contributed by atoms with Crippen LogP contribution in [0.1, 0.15) is 17.5 Å². The number of benzene rings is 1. The van der Waals surface area contributed by atoms with Crippen LogP contribution in [-0.2, 0) is 0 Å². The van der Waals surface area contributed by atoms with Crippen molar-refractivity contribution in [3.8, 4) is 0 Å². The molecule has 2 aromatic heterocycles. The standard InChI is InChI=1S/C14H13Cl2N5O/c1-8-18-19-14-3-2-13(20-21(8)14)17-7-12(22)9-4-10(15)6-11(16)5-9/h2-6,12,22H,7H2,1H3,(H,17,20). The van der Waals surface area contributed by atoms with E-state index in [1.807, 2.05) is 6.92 Å². The van der Waals surface area contributed by atoms with E-state index in [4.69, 9.17) is 23.2 Å². The Bertz CT molecular complexity index is 800. The summed E-state index contributed by atoms with van der Waals surface area (Å²) in [7, 11) is 0. The lowest BCUT2D eigenvalue weighted by atomic mass is 10.1. The maximum Gasteiger partial charge on any atom is 0.178 e. The number of aryl methyl sites for hydroxylation is 1. The summed E-state index contributed by atoms with van der Waals surface area (Å²) in [4.78, 5) is 0. The number of nitrogens with one attached hydrogen (secondary N) is 1. The molecule has 0 bridgehead atoms. The van der Waals surface area contributed by atoms with E-state index in [-0.39, 0.29) is 6.54 Å². The van der Waals surface area contributed by atoms with Crippen LogP contribution in [0.4, 0.5) is 5.82 Å². The average molecular weight is 338 g/mol. The fourth-order valence-corrected chi connectivity index (χ4v) is 2.62. The van der Waals surface area contributed by atoms with Crippen LogP contribution in [0.3, 0.4) is 0 Å². The third kappa shape index (κ3) is 3.14. The summed E-state index contributed by atoms with van der Waals surface area (Å²) in [5, 5.41) is 26.5. The molecule has 0 fully saturated rings. The van der Waals surface area contributed by atoms with Crippen LogP contribution in [0.15, 0.2) is 30.3 Å².